The second-order valence-electron chi connectivity index (χ2n) is 10.3. The molecule has 0 radical (unpaired) electrons. The number of hydrogen-bond acceptors (Lipinski definition) is 2. The number of aromatic amines is 1. The van der Waals surface area contributed by atoms with Gasteiger partial charge in [0.15, 0.2) is 0 Å². The highest BCUT2D eigenvalue weighted by Gasteiger charge is 2.23. The van der Waals surface area contributed by atoms with E-state index in [1.807, 2.05) is 12.1 Å². The molecule has 0 atom stereocenters. The summed E-state index contributed by atoms with van der Waals surface area (Å²) in [4.78, 5) is 14.3. The van der Waals surface area contributed by atoms with E-state index >= 15 is 0 Å². The lowest BCUT2D eigenvalue weighted by Crippen LogP contribution is -2.03. The number of rotatable bonds is 2. The van der Waals surface area contributed by atoms with Crippen LogP contribution in [-0.2, 0) is 0 Å². The Balaban J connectivity index is 1.54. The van der Waals surface area contributed by atoms with Crippen LogP contribution in [0.5, 0.6) is 0 Å². The summed E-state index contributed by atoms with van der Waals surface area (Å²) < 4.78 is 2.26. The van der Waals surface area contributed by atoms with E-state index in [-0.39, 0.29) is 0 Å². The van der Waals surface area contributed by atoms with Crippen LogP contribution in [0.1, 0.15) is 0 Å². The average Bonchev–Trinajstić information content (AvgIpc) is 3.58. The maximum atomic E-state index is 5.29. The molecule has 1 N–H and O–H groups in total. The van der Waals surface area contributed by atoms with Crippen LogP contribution in [0.25, 0.3) is 82.5 Å². The molecular weight excluding hydrogens is 488 g/mol. The minimum absolute atomic E-state index is 0.666. The van der Waals surface area contributed by atoms with Crippen molar-refractivity contribution in [1.29, 1.82) is 0 Å². The Morgan fingerprint density at radius 2 is 1.12 bits per heavy atom. The van der Waals surface area contributed by atoms with Crippen molar-refractivity contribution < 1.29 is 0 Å². The third-order valence-corrected chi connectivity index (χ3v) is 8.12. The monoisotopic (exact) mass is 510 g/mol. The molecule has 9 aromatic rings. The van der Waals surface area contributed by atoms with Crippen molar-refractivity contribution in [2.75, 3.05) is 0 Å². The Morgan fingerprint density at radius 1 is 0.500 bits per heavy atom. The van der Waals surface area contributed by atoms with Gasteiger partial charge in [0.05, 0.1) is 27.8 Å². The van der Waals surface area contributed by atoms with Crippen molar-refractivity contribution in [3.8, 4) is 17.2 Å². The molecule has 3 heterocycles. The SMILES string of the molecule is c1ccc(-c2nc(-n3c4ccccc4c4c5ccccc5c5c6ccccc6[nH]c5c43)nc3ccccc23)cc1. The fraction of sp³-hybridized carbons (Fsp3) is 0. The van der Waals surface area contributed by atoms with Gasteiger partial charge in [0.25, 0.3) is 0 Å². The van der Waals surface area contributed by atoms with Crippen LogP contribution in [0.15, 0.2) is 127 Å². The van der Waals surface area contributed by atoms with Crippen LogP contribution in [0.2, 0.25) is 0 Å². The molecule has 3 aromatic heterocycles. The van der Waals surface area contributed by atoms with E-state index in [9.17, 15) is 0 Å². The molecule has 0 amide bonds. The zero-order chi connectivity index (χ0) is 26.2. The summed E-state index contributed by atoms with van der Waals surface area (Å²) in [5.74, 6) is 0.666. The number of benzene rings is 6. The maximum absolute atomic E-state index is 5.29. The van der Waals surface area contributed by atoms with E-state index in [4.69, 9.17) is 9.97 Å². The Kier molecular flexibility index (Phi) is 4.30. The third kappa shape index (κ3) is 2.85. The lowest BCUT2D eigenvalue weighted by molar-refractivity contribution is 1.02. The minimum atomic E-state index is 0.666. The van der Waals surface area contributed by atoms with Crippen molar-refractivity contribution >= 4 is 65.3 Å². The van der Waals surface area contributed by atoms with Crippen molar-refractivity contribution in [1.82, 2.24) is 19.5 Å². The van der Waals surface area contributed by atoms with Crippen LogP contribution in [0, 0.1) is 0 Å². The van der Waals surface area contributed by atoms with Crippen LogP contribution >= 0.6 is 0 Å². The number of fused-ring (bicyclic) bond motifs is 11. The lowest BCUT2D eigenvalue weighted by atomic mass is 9.99. The van der Waals surface area contributed by atoms with Crippen LogP contribution in [0.4, 0.5) is 0 Å². The molecule has 0 aliphatic rings. The van der Waals surface area contributed by atoms with Gasteiger partial charge in [0.2, 0.25) is 5.95 Å². The van der Waals surface area contributed by atoms with Gasteiger partial charge in [0.1, 0.15) is 0 Å². The first-order chi connectivity index (χ1) is 19.9. The zero-order valence-electron chi connectivity index (χ0n) is 21.5. The van der Waals surface area contributed by atoms with E-state index in [0.29, 0.717) is 5.95 Å². The molecule has 186 valence electrons. The first-order valence-corrected chi connectivity index (χ1v) is 13.5. The average molecular weight is 511 g/mol. The third-order valence-electron chi connectivity index (χ3n) is 8.12. The van der Waals surface area contributed by atoms with Crippen LogP contribution in [0.3, 0.4) is 0 Å². The number of hydrogen-bond donors (Lipinski definition) is 1. The van der Waals surface area contributed by atoms with Gasteiger partial charge in [-0.15, -0.1) is 0 Å². The molecule has 40 heavy (non-hydrogen) atoms. The second kappa shape index (κ2) is 8.01. The highest BCUT2D eigenvalue weighted by atomic mass is 15.2. The van der Waals surface area contributed by atoms with Gasteiger partial charge in [-0.2, -0.15) is 0 Å². The number of H-pyrrole nitrogens is 1. The number of aromatic nitrogens is 4. The fourth-order valence-corrected chi connectivity index (χ4v) is 6.46. The molecule has 0 unspecified atom stereocenters. The molecule has 9 rings (SSSR count). The van der Waals surface area contributed by atoms with E-state index < -0.39 is 0 Å². The smallest absolute Gasteiger partial charge is 0.235 e. The molecule has 0 saturated heterocycles. The molecule has 6 aromatic carbocycles. The molecule has 0 bridgehead atoms. The van der Waals surface area contributed by atoms with Gasteiger partial charge in [-0.25, -0.2) is 9.97 Å². The van der Waals surface area contributed by atoms with Crippen LogP contribution < -0.4 is 0 Å². The highest BCUT2D eigenvalue weighted by molar-refractivity contribution is 6.35. The van der Waals surface area contributed by atoms with Gasteiger partial charge < -0.3 is 4.98 Å². The topological polar surface area (TPSA) is 46.5 Å². The number of para-hydroxylation sites is 3. The predicted molar refractivity (Wildman–Crippen MR) is 166 cm³/mol. The van der Waals surface area contributed by atoms with E-state index in [1.165, 1.54) is 32.3 Å². The van der Waals surface area contributed by atoms with Gasteiger partial charge >= 0.3 is 0 Å². The molecule has 0 aliphatic carbocycles. The maximum Gasteiger partial charge on any atom is 0.235 e. The van der Waals surface area contributed by atoms with Gasteiger partial charge in [-0.05, 0) is 29.0 Å². The van der Waals surface area contributed by atoms with E-state index in [0.717, 1.165) is 44.2 Å². The number of nitrogens with zero attached hydrogens (tertiary/aromatic N) is 3. The molecule has 0 saturated carbocycles. The summed E-state index contributed by atoms with van der Waals surface area (Å²) in [5, 5.41) is 8.36. The zero-order valence-corrected chi connectivity index (χ0v) is 21.5. The quantitative estimate of drug-likeness (QED) is 0.252. The van der Waals surface area contributed by atoms with Crippen molar-refractivity contribution in [2.45, 2.75) is 0 Å². The van der Waals surface area contributed by atoms with E-state index in [1.54, 1.807) is 0 Å². The normalized spacial score (nSPS) is 12.0. The standard InChI is InChI=1S/C36H22N4/c1-2-12-22(13-3-1)33-26-17-7-10-20-29(26)38-36(39-33)40-30-21-11-8-18-27(30)32-24-15-5-4-14-23(24)31-25-16-6-9-19-28(25)37-34(31)35(32)40/h1-21,37H. The summed E-state index contributed by atoms with van der Waals surface area (Å²) in [6.45, 7) is 0. The molecule has 0 spiro atoms. The molecule has 4 heteroatoms. The molecule has 4 nitrogen and oxygen atoms in total. The van der Waals surface area contributed by atoms with Crippen molar-refractivity contribution in [3.05, 3.63) is 127 Å². The predicted octanol–water partition coefficient (Wildman–Crippen LogP) is 9.18. The Morgan fingerprint density at radius 3 is 1.95 bits per heavy atom. The minimum Gasteiger partial charge on any atom is -0.353 e. The Bertz CT molecular complexity index is 2430. The van der Waals surface area contributed by atoms with E-state index in [2.05, 4.69) is 125 Å². The van der Waals surface area contributed by atoms with Crippen LogP contribution in [-0.4, -0.2) is 19.5 Å². The Labute approximate surface area is 229 Å². The van der Waals surface area contributed by atoms with Gasteiger partial charge in [-0.3, -0.25) is 4.57 Å². The fourth-order valence-electron chi connectivity index (χ4n) is 6.46. The first-order valence-electron chi connectivity index (χ1n) is 13.5. The van der Waals surface area contributed by atoms with Gasteiger partial charge in [-0.1, -0.05) is 109 Å². The Hall–Kier alpha value is -5.48. The first kappa shape index (κ1) is 21.5. The van der Waals surface area contributed by atoms with Crippen molar-refractivity contribution in [3.63, 3.8) is 0 Å². The molecule has 0 fully saturated rings. The highest BCUT2D eigenvalue weighted by Crippen LogP contribution is 2.44. The summed E-state index contributed by atoms with van der Waals surface area (Å²) in [6.07, 6.45) is 0. The number of nitrogens with one attached hydrogen (secondary N) is 1. The van der Waals surface area contributed by atoms with Gasteiger partial charge in [0, 0.05) is 38.0 Å². The molecular formula is C36H22N4. The lowest BCUT2D eigenvalue weighted by Gasteiger charge is -2.12. The summed E-state index contributed by atoms with van der Waals surface area (Å²) in [7, 11) is 0. The molecule has 0 aliphatic heterocycles. The summed E-state index contributed by atoms with van der Waals surface area (Å²) >= 11 is 0. The second-order valence-corrected chi connectivity index (χ2v) is 10.3. The largest absolute Gasteiger partial charge is 0.353 e. The summed E-state index contributed by atoms with van der Waals surface area (Å²) in [5.41, 5.74) is 7.33. The van der Waals surface area contributed by atoms with Crippen molar-refractivity contribution in [2.24, 2.45) is 0 Å². The summed E-state index contributed by atoms with van der Waals surface area (Å²) in [6, 6.07) is 44.6.